The zero-order valence-electron chi connectivity index (χ0n) is 9.87. The summed E-state index contributed by atoms with van der Waals surface area (Å²) in [5.41, 5.74) is 5.80. The molecule has 0 fully saturated rings. The van der Waals surface area contributed by atoms with Crippen LogP contribution in [0.15, 0.2) is 12.4 Å². The first kappa shape index (κ1) is 14.0. The van der Waals surface area contributed by atoms with Crippen LogP contribution in [-0.2, 0) is 13.0 Å². The molecule has 1 unspecified atom stereocenters. The maximum Gasteiger partial charge on any atom is 0.389 e. The Morgan fingerprint density at radius 3 is 2.76 bits per heavy atom. The Morgan fingerprint density at radius 2 is 2.18 bits per heavy atom. The molecule has 0 spiro atoms. The van der Waals surface area contributed by atoms with Crippen LogP contribution in [0.5, 0.6) is 0 Å². The summed E-state index contributed by atoms with van der Waals surface area (Å²) in [6.45, 7) is 2.31. The van der Waals surface area contributed by atoms with E-state index < -0.39 is 12.6 Å². The van der Waals surface area contributed by atoms with E-state index in [2.05, 4.69) is 4.98 Å². The van der Waals surface area contributed by atoms with Crippen LogP contribution in [0.2, 0.25) is 0 Å². The van der Waals surface area contributed by atoms with Gasteiger partial charge in [-0.1, -0.05) is 6.92 Å². The third-order valence-corrected chi connectivity index (χ3v) is 2.63. The number of nitrogens with zero attached hydrogens (tertiary/aromatic N) is 2. The molecule has 0 bridgehead atoms. The molecule has 0 aliphatic heterocycles. The van der Waals surface area contributed by atoms with Crippen LogP contribution in [0, 0.1) is 0 Å². The molecule has 0 aliphatic carbocycles. The Morgan fingerprint density at radius 1 is 1.47 bits per heavy atom. The largest absolute Gasteiger partial charge is 0.389 e. The molecule has 17 heavy (non-hydrogen) atoms. The van der Waals surface area contributed by atoms with Gasteiger partial charge in [0.1, 0.15) is 5.82 Å². The van der Waals surface area contributed by atoms with E-state index in [9.17, 15) is 13.2 Å². The summed E-state index contributed by atoms with van der Waals surface area (Å²) >= 11 is 0. The fourth-order valence-electron chi connectivity index (χ4n) is 1.56. The third-order valence-electron chi connectivity index (χ3n) is 2.63. The molecule has 0 aliphatic rings. The highest BCUT2D eigenvalue weighted by Crippen LogP contribution is 2.21. The van der Waals surface area contributed by atoms with Crippen molar-refractivity contribution in [3.8, 4) is 0 Å². The van der Waals surface area contributed by atoms with Gasteiger partial charge in [-0.3, -0.25) is 0 Å². The van der Waals surface area contributed by atoms with Gasteiger partial charge in [-0.2, -0.15) is 13.2 Å². The van der Waals surface area contributed by atoms with Crippen molar-refractivity contribution in [3.63, 3.8) is 0 Å². The number of hydrogen-bond acceptors (Lipinski definition) is 2. The minimum atomic E-state index is -4.08. The van der Waals surface area contributed by atoms with E-state index >= 15 is 0 Å². The average Bonchev–Trinajstić information content (AvgIpc) is 2.64. The van der Waals surface area contributed by atoms with Crippen LogP contribution in [-0.4, -0.2) is 21.8 Å². The first-order valence-corrected chi connectivity index (χ1v) is 5.74. The third kappa shape index (κ3) is 5.21. The molecule has 1 heterocycles. The fraction of sp³-hybridized carbons (Fsp3) is 0.727. The summed E-state index contributed by atoms with van der Waals surface area (Å²) < 4.78 is 37.8. The lowest BCUT2D eigenvalue weighted by Gasteiger charge is -2.12. The van der Waals surface area contributed by atoms with E-state index in [-0.39, 0.29) is 12.5 Å². The molecule has 1 rings (SSSR count). The monoisotopic (exact) mass is 249 g/mol. The van der Waals surface area contributed by atoms with Crippen LogP contribution in [0.4, 0.5) is 13.2 Å². The highest BCUT2D eigenvalue weighted by molar-refractivity contribution is 4.95. The average molecular weight is 249 g/mol. The lowest BCUT2D eigenvalue weighted by atomic mass is 10.1. The maximum atomic E-state index is 12.0. The summed E-state index contributed by atoms with van der Waals surface area (Å²) in [6.07, 6.45) is -0.0242. The fourth-order valence-corrected chi connectivity index (χ4v) is 1.56. The lowest BCUT2D eigenvalue weighted by Crippen LogP contribution is -2.23. The molecule has 2 N–H and O–H groups in total. The minimum absolute atomic E-state index is 0.0127. The van der Waals surface area contributed by atoms with Crippen LogP contribution in [0.25, 0.3) is 0 Å². The van der Waals surface area contributed by atoms with Crippen LogP contribution < -0.4 is 5.73 Å². The van der Waals surface area contributed by atoms with Crippen molar-refractivity contribution in [2.24, 2.45) is 5.73 Å². The van der Waals surface area contributed by atoms with Crippen molar-refractivity contribution in [2.75, 3.05) is 0 Å². The molecule has 0 saturated carbocycles. The molecule has 1 atom stereocenters. The van der Waals surface area contributed by atoms with E-state index in [1.165, 1.54) is 0 Å². The van der Waals surface area contributed by atoms with Gasteiger partial charge in [-0.15, -0.1) is 0 Å². The SMILES string of the molecule is CCC(N)Cc1nccn1CCCC(F)(F)F. The Labute approximate surface area is 98.8 Å². The van der Waals surface area contributed by atoms with Crippen molar-refractivity contribution >= 4 is 0 Å². The highest BCUT2D eigenvalue weighted by atomic mass is 19.4. The molecule has 1 aromatic rings. The number of rotatable bonds is 6. The summed E-state index contributed by atoms with van der Waals surface area (Å²) in [5, 5.41) is 0. The number of hydrogen-bond donors (Lipinski definition) is 1. The normalized spacial score (nSPS) is 13.9. The molecular weight excluding hydrogens is 231 g/mol. The van der Waals surface area contributed by atoms with Gasteiger partial charge in [-0.05, 0) is 12.8 Å². The van der Waals surface area contributed by atoms with E-state index in [1.807, 2.05) is 6.92 Å². The van der Waals surface area contributed by atoms with Gasteiger partial charge in [0.15, 0.2) is 0 Å². The van der Waals surface area contributed by atoms with E-state index in [1.54, 1.807) is 17.0 Å². The van der Waals surface area contributed by atoms with Gasteiger partial charge < -0.3 is 10.3 Å². The topological polar surface area (TPSA) is 43.8 Å². The van der Waals surface area contributed by atoms with Gasteiger partial charge in [0.05, 0.1) is 0 Å². The van der Waals surface area contributed by atoms with Gasteiger partial charge in [0.2, 0.25) is 0 Å². The van der Waals surface area contributed by atoms with Gasteiger partial charge >= 0.3 is 6.18 Å². The molecule has 1 aromatic heterocycles. The number of nitrogens with two attached hydrogens (primary N) is 1. The molecule has 0 saturated heterocycles. The molecule has 0 amide bonds. The maximum absolute atomic E-state index is 12.0. The summed E-state index contributed by atoms with van der Waals surface area (Å²) in [7, 11) is 0. The molecule has 6 heteroatoms. The molecule has 98 valence electrons. The summed E-state index contributed by atoms with van der Waals surface area (Å²) in [5.74, 6) is 0.765. The predicted octanol–water partition coefficient (Wildman–Crippen LogP) is 2.51. The summed E-state index contributed by atoms with van der Waals surface area (Å²) in [6, 6.07) is 0.0127. The summed E-state index contributed by atoms with van der Waals surface area (Å²) in [4.78, 5) is 4.12. The Balaban J connectivity index is 2.46. The smallest absolute Gasteiger partial charge is 0.335 e. The van der Waals surface area contributed by atoms with Crippen LogP contribution in [0.3, 0.4) is 0 Å². The number of halogens is 3. The van der Waals surface area contributed by atoms with Crippen molar-refractivity contribution in [3.05, 3.63) is 18.2 Å². The number of aryl methyl sites for hydroxylation is 1. The lowest BCUT2D eigenvalue weighted by molar-refractivity contribution is -0.135. The number of aromatic nitrogens is 2. The first-order chi connectivity index (χ1) is 7.92. The molecule has 3 nitrogen and oxygen atoms in total. The number of alkyl halides is 3. The first-order valence-electron chi connectivity index (χ1n) is 5.74. The van der Waals surface area contributed by atoms with Crippen molar-refractivity contribution in [2.45, 2.75) is 51.4 Å². The highest BCUT2D eigenvalue weighted by Gasteiger charge is 2.26. The second kappa shape index (κ2) is 6.05. The number of imidazole rings is 1. The molecule has 0 aromatic carbocycles. The zero-order chi connectivity index (χ0) is 12.9. The zero-order valence-corrected chi connectivity index (χ0v) is 9.87. The van der Waals surface area contributed by atoms with Gasteiger partial charge in [-0.25, -0.2) is 4.98 Å². The van der Waals surface area contributed by atoms with Crippen LogP contribution >= 0.6 is 0 Å². The van der Waals surface area contributed by atoms with E-state index in [4.69, 9.17) is 5.73 Å². The Kier molecular flexibility index (Phi) is 4.99. The molecule has 0 radical (unpaired) electrons. The second-order valence-electron chi connectivity index (χ2n) is 4.13. The Bertz CT molecular complexity index is 333. The van der Waals surface area contributed by atoms with Crippen LogP contribution in [0.1, 0.15) is 32.0 Å². The standard InChI is InChI=1S/C11H18F3N3/c1-2-9(15)8-10-16-5-7-17(10)6-3-4-11(12,13)14/h5,7,9H,2-4,6,8,15H2,1H3. The van der Waals surface area contributed by atoms with Crippen molar-refractivity contribution in [1.82, 2.24) is 9.55 Å². The van der Waals surface area contributed by atoms with Gasteiger partial charge in [0.25, 0.3) is 0 Å². The quantitative estimate of drug-likeness (QED) is 0.841. The van der Waals surface area contributed by atoms with Crippen molar-refractivity contribution in [1.29, 1.82) is 0 Å². The van der Waals surface area contributed by atoms with Gasteiger partial charge in [0, 0.05) is 37.8 Å². The van der Waals surface area contributed by atoms with E-state index in [0.717, 1.165) is 12.2 Å². The Hall–Kier alpha value is -1.04. The van der Waals surface area contributed by atoms with E-state index in [0.29, 0.717) is 13.0 Å². The van der Waals surface area contributed by atoms with Crippen molar-refractivity contribution < 1.29 is 13.2 Å². The molecular formula is C11H18F3N3. The second-order valence-corrected chi connectivity index (χ2v) is 4.13. The minimum Gasteiger partial charge on any atom is -0.335 e. The predicted molar refractivity (Wildman–Crippen MR) is 59.5 cm³/mol.